The van der Waals surface area contributed by atoms with Crippen molar-refractivity contribution in [2.75, 3.05) is 32.8 Å². The van der Waals surface area contributed by atoms with Crippen molar-refractivity contribution in [1.29, 1.82) is 0 Å². The summed E-state index contributed by atoms with van der Waals surface area (Å²) in [5.74, 6) is 0.858. The first-order chi connectivity index (χ1) is 13.6. The Morgan fingerprint density at radius 1 is 1.18 bits per heavy atom. The number of fused-ring (bicyclic) bond motifs is 1. The molecular formula is C22H27FN2O3. The van der Waals surface area contributed by atoms with Crippen LogP contribution in [0, 0.1) is 5.82 Å². The predicted octanol–water partition coefficient (Wildman–Crippen LogP) is 3.47. The van der Waals surface area contributed by atoms with E-state index in [0.717, 1.165) is 30.9 Å². The highest BCUT2D eigenvalue weighted by molar-refractivity contribution is 5.78. The van der Waals surface area contributed by atoms with Gasteiger partial charge in [-0.25, -0.2) is 4.39 Å². The van der Waals surface area contributed by atoms with E-state index in [1.54, 1.807) is 4.90 Å². The Bertz CT molecular complexity index is 791. The number of carbonyl (C=O) groups excluding carboxylic acids is 1. The number of nitrogens with zero attached hydrogens (tertiary/aromatic N) is 2. The van der Waals surface area contributed by atoms with Crippen LogP contribution in [0.15, 0.2) is 42.5 Å². The average molecular weight is 386 g/mol. The lowest BCUT2D eigenvalue weighted by Crippen LogP contribution is -2.36. The minimum Gasteiger partial charge on any atom is -0.491 e. The van der Waals surface area contributed by atoms with Gasteiger partial charge >= 0.3 is 0 Å². The zero-order valence-electron chi connectivity index (χ0n) is 16.5. The van der Waals surface area contributed by atoms with Crippen molar-refractivity contribution < 1.29 is 18.7 Å². The zero-order chi connectivity index (χ0) is 19.9. The Kier molecular flexibility index (Phi) is 6.87. The molecule has 5 nitrogen and oxygen atoms in total. The maximum atomic E-state index is 13.0. The third-order valence-corrected chi connectivity index (χ3v) is 4.93. The highest BCUT2D eigenvalue weighted by Gasteiger charge is 2.21. The monoisotopic (exact) mass is 386 g/mol. The first-order valence-electron chi connectivity index (χ1n) is 9.72. The summed E-state index contributed by atoms with van der Waals surface area (Å²) in [7, 11) is 0. The maximum absolute atomic E-state index is 13.0. The second kappa shape index (κ2) is 9.55. The Labute approximate surface area is 165 Å². The summed E-state index contributed by atoms with van der Waals surface area (Å²) in [5, 5.41) is 0. The number of carbonyl (C=O) groups is 1. The largest absolute Gasteiger partial charge is 0.491 e. The topological polar surface area (TPSA) is 42.0 Å². The molecule has 28 heavy (non-hydrogen) atoms. The fourth-order valence-electron chi connectivity index (χ4n) is 3.23. The Morgan fingerprint density at radius 2 is 1.93 bits per heavy atom. The first kappa shape index (κ1) is 20.1. The van der Waals surface area contributed by atoms with Crippen LogP contribution in [0.3, 0.4) is 0 Å². The summed E-state index contributed by atoms with van der Waals surface area (Å²) in [5.41, 5.74) is 2.22. The van der Waals surface area contributed by atoms with Gasteiger partial charge in [-0.05, 0) is 55.1 Å². The number of ether oxygens (including phenoxy) is 2. The Hall–Kier alpha value is -2.60. The van der Waals surface area contributed by atoms with E-state index in [4.69, 9.17) is 9.47 Å². The second-order valence-electron chi connectivity index (χ2n) is 6.81. The molecule has 0 spiro atoms. The molecule has 0 aliphatic carbocycles. The summed E-state index contributed by atoms with van der Waals surface area (Å²) in [6.45, 7) is 8.53. The summed E-state index contributed by atoms with van der Waals surface area (Å²) < 4.78 is 24.3. The normalized spacial score (nSPS) is 13.6. The van der Waals surface area contributed by atoms with Gasteiger partial charge in [-0.2, -0.15) is 0 Å². The van der Waals surface area contributed by atoms with Crippen LogP contribution in [0.2, 0.25) is 0 Å². The van der Waals surface area contributed by atoms with Gasteiger partial charge in [-0.15, -0.1) is 0 Å². The summed E-state index contributed by atoms with van der Waals surface area (Å²) >= 11 is 0. The van der Waals surface area contributed by atoms with Crippen LogP contribution in [0.5, 0.6) is 11.5 Å². The molecule has 1 aliphatic heterocycles. The fraction of sp³-hybridized carbons (Fsp3) is 0.409. The van der Waals surface area contributed by atoms with Crippen molar-refractivity contribution in [3.05, 3.63) is 59.4 Å². The van der Waals surface area contributed by atoms with Gasteiger partial charge in [0, 0.05) is 18.7 Å². The van der Waals surface area contributed by atoms with E-state index in [-0.39, 0.29) is 18.3 Å². The maximum Gasteiger partial charge on any atom is 0.260 e. The molecule has 0 saturated heterocycles. The van der Waals surface area contributed by atoms with Gasteiger partial charge in [-0.3, -0.25) is 9.69 Å². The van der Waals surface area contributed by atoms with E-state index in [9.17, 15) is 9.18 Å². The lowest BCUT2D eigenvalue weighted by molar-refractivity contribution is -0.134. The number of amides is 1. The van der Waals surface area contributed by atoms with E-state index < -0.39 is 0 Å². The molecule has 6 heteroatoms. The van der Waals surface area contributed by atoms with Gasteiger partial charge in [0.05, 0.1) is 6.54 Å². The Balaban J connectivity index is 1.64. The van der Waals surface area contributed by atoms with E-state index in [1.165, 1.54) is 29.8 Å². The highest BCUT2D eigenvalue weighted by atomic mass is 19.1. The highest BCUT2D eigenvalue weighted by Crippen LogP contribution is 2.25. The molecule has 1 heterocycles. The molecule has 0 unspecified atom stereocenters. The lowest BCUT2D eigenvalue weighted by Gasteiger charge is -2.21. The Morgan fingerprint density at radius 3 is 2.64 bits per heavy atom. The minimum absolute atomic E-state index is 0.0832. The van der Waals surface area contributed by atoms with Gasteiger partial charge < -0.3 is 14.4 Å². The van der Waals surface area contributed by atoms with E-state index in [2.05, 4.69) is 30.9 Å². The molecule has 0 bridgehead atoms. The van der Waals surface area contributed by atoms with Gasteiger partial charge in [0.15, 0.2) is 6.61 Å². The number of rotatable bonds is 7. The van der Waals surface area contributed by atoms with E-state index >= 15 is 0 Å². The average Bonchev–Trinajstić information content (AvgIpc) is 2.93. The SMILES string of the molecule is CCN(CC)Cc1ccc2c(c1)CN(C(=O)COc1ccc(F)cc1)CCO2. The van der Waals surface area contributed by atoms with Crippen LogP contribution in [-0.2, 0) is 17.9 Å². The molecule has 0 N–H and O–H groups in total. The standard InChI is InChI=1S/C22H27FN2O3/c1-3-24(4-2)14-17-5-10-21-18(13-17)15-25(11-12-27-21)22(26)16-28-20-8-6-19(23)7-9-20/h5-10,13H,3-4,11-12,14-16H2,1-2H3. The second-order valence-corrected chi connectivity index (χ2v) is 6.81. The first-order valence-corrected chi connectivity index (χ1v) is 9.72. The van der Waals surface area contributed by atoms with Gasteiger partial charge in [-0.1, -0.05) is 19.9 Å². The van der Waals surface area contributed by atoms with Gasteiger partial charge in [0.2, 0.25) is 0 Å². The summed E-state index contributed by atoms with van der Waals surface area (Å²) in [6.07, 6.45) is 0. The zero-order valence-corrected chi connectivity index (χ0v) is 16.5. The van der Waals surface area contributed by atoms with Crippen molar-refractivity contribution in [2.24, 2.45) is 0 Å². The summed E-state index contributed by atoms with van der Waals surface area (Å²) in [4.78, 5) is 16.7. The van der Waals surface area contributed by atoms with Gasteiger partial charge in [0.25, 0.3) is 5.91 Å². The molecule has 0 saturated carbocycles. The lowest BCUT2D eigenvalue weighted by atomic mass is 10.1. The molecule has 1 amide bonds. The smallest absolute Gasteiger partial charge is 0.260 e. The van der Waals surface area contributed by atoms with Crippen molar-refractivity contribution in [3.8, 4) is 11.5 Å². The van der Waals surface area contributed by atoms with Crippen molar-refractivity contribution in [2.45, 2.75) is 26.9 Å². The molecule has 150 valence electrons. The molecule has 1 aliphatic rings. The predicted molar refractivity (Wildman–Crippen MR) is 106 cm³/mol. The van der Waals surface area contributed by atoms with Crippen LogP contribution in [0.25, 0.3) is 0 Å². The van der Waals surface area contributed by atoms with Crippen molar-refractivity contribution in [3.63, 3.8) is 0 Å². The molecule has 0 atom stereocenters. The van der Waals surface area contributed by atoms with E-state index in [1.807, 2.05) is 6.07 Å². The third-order valence-electron chi connectivity index (χ3n) is 4.93. The quantitative estimate of drug-likeness (QED) is 0.731. The van der Waals surface area contributed by atoms with Crippen LogP contribution in [-0.4, -0.2) is 48.6 Å². The third kappa shape index (κ3) is 5.23. The van der Waals surface area contributed by atoms with Crippen LogP contribution in [0.1, 0.15) is 25.0 Å². The van der Waals surface area contributed by atoms with Gasteiger partial charge in [0.1, 0.15) is 23.9 Å². The molecule has 2 aromatic carbocycles. The number of hydrogen-bond acceptors (Lipinski definition) is 4. The van der Waals surface area contributed by atoms with Crippen molar-refractivity contribution in [1.82, 2.24) is 9.80 Å². The van der Waals surface area contributed by atoms with E-state index in [0.29, 0.717) is 25.4 Å². The van der Waals surface area contributed by atoms with Crippen LogP contribution < -0.4 is 9.47 Å². The molecule has 3 rings (SSSR count). The van der Waals surface area contributed by atoms with Crippen LogP contribution >= 0.6 is 0 Å². The molecule has 0 aromatic heterocycles. The van der Waals surface area contributed by atoms with Crippen LogP contribution in [0.4, 0.5) is 4.39 Å². The fourth-order valence-corrected chi connectivity index (χ4v) is 3.23. The molecule has 0 fully saturated rings. The minimum atomic E-state index is -0.333. The molecular weight excluding hydrogens is 359 g/mol. The number of halogens is 1. The number of hydrogen-bond donors (Lipinski definition) is 0. The molecule has 2 aromatic rings. The molecule has 0 radical (unpaired) electrons. The number of benzene rings is 2. The summed E-state index contributed by atoms with van der Waals surface area (Å²) in [6, 6.07) is 11.9. The van der Waals surface area contributed by atoms with Crippen molar-refractivity contribution >= 4 is 5.91 Å².